The van der Waals surface area contributed by atoms with Crippen LogP contribution < -0.4 is 19.7 Å². The summed E-state index contributed by atoms with van der Waals surface area (Å²) in [6.07, 6.45) is 1.61. The molecule has 3 rings (SSSR count). The zero-order valence-corrected chi connectivity index (χ0v) is 16.2. The van der Waals surface area contributed by atoms with E-state index in [2.05, 4.69) is 10.1 Å². The maximum absolute atomic E-state index is 13.4. The molecule has 1 aliphatic rings. The minimum atomic E-state index is -2.88. The highest BCUT2D eigenvalue weighted by Crippen LogP contribution is 2.25. The van der Waals surface area contributed by atoms with Gasteiger partial charge in [-0.05, 0) is 37.1 Å². The Morgan fingerprint density at radius 3 is 2.83 bits per heavy atom. The highest BCUT2D eigenvalue weighted by atomic mass is 35.5. The molecule has 0 bridgehead atoms. The first-order valence-electron chi connectivity index (χ1n) is 9.08. The maximum atomic E-state index is 13.4. The number of carbonyl (C=O) groups excluding carboxylic acids is 1. The Hall–Kier alpha value is -2.61. The van der Waals surface area contributed by atoms with Crippen LogP contribution in [0.3, 0.4) is 0 Å². The molecule has 2 aromatic carbocycles. The van der Waals surface area contributed by atoms with E-state index in [9.17, 15) is 18.0 Å². The predicted octanol–water partition coefficient (Wildman–Crippen LogP) is 4.24. The molecule has 1 heterocycles. The van der Waals surface area contributed by atoms with E-state index in [1.54, 1.807) is 18.2 Å². The number of alkyl halides is 2. The number of benzene rings is 2. The summed E-state index contributed by atoms with van der Waals surface area (Å²) in [5, 5.41) is 2.86. The van der Waals surface area contributed by atoms with Gasteiger partial charge in [-0.15, -0.1) is 0 Å². The molecule has 1 atom stereocenters. The molecular weight excluding hydrogens is 409 g/mol. The molecule has 1 amide bonds. The number of hydrogen-bond acceptors (Lipinski definition) is 4. The van der Waals surface area contributed by atoms with Gasteiger partial charge in [-0.1, -0.05) is 17.7 Å². The molecule has 0 aromatic heterocycles. The Kier molecular flexibility index (Phi) is 7.09. The standard InChI is InChI=1S/C20H20ClF3N2O3/c21-17-7-6-15(10-18(17)22)28-12-19(27)25-13-3-2-8-26(11-13)14-4-1-5-16(9-14)29-20(23)24/h1,4-7,9-10,13,20H,2-3,8,11-12H2,(H,25,27)/t13-/m0/s1. The average Bonchev–Trinajstić information content (AvgIpc) is 2.69. The summed E-state index contributed by atoms with van der Waals surface area (Å²) in [4.78, 5) is 14.2. The number of rotatable bonds is 7. The second-order valence-electron chi connectivity index (χ2n) is 6.59. The van der Waals surface area contributed by atoms with Crippen LogP contribution in [0.4, 0.5) is 18.9 Å². The number of nitrogens with one attached hydrogen (secondary N) is 1. The van der Waals surface area contributed by atoms with Crippen LogP contribution in [-0.4, -0.2) is 38.3 Å². The van der Waals surface area contributed by atoms with Gasteiger partial charge in [0.1, 0.15) is 17.3 Å². The van der Waals surface area contributed by atoms with E-state index in [0.717, 1.165) is 31.1 Å². The van der Waals surface area contributed by atoms with Gasteiger partial charge in [0.15, 0.2) is 6.61 Å². The molecule has 2 aromatic rings. The Balaban J connectivity index is 1.52. The Bertz CT molecular complexity index is 853. The van der Waals surface area contributed by atoms with Gasteiger partial charge in [-0.3, -0.25) is 4.79 Å². The monoisotopic (exact) mass is 428 g/mol. The second-order valence-corrected chi connectivity index (χ2v) is 7.00. The third kappa shape index (κ3) is 6.19. The molecule has 5 nitrogen and oxygen atoms in total. The van der Waals surface area contributed by atoms with Crippen LogP contribution >= 0.6 is 11.6 Å². The summed E-state index contributed by atoms with van der Waals surface area (Å²) in [7, 11) is 0. The molecule has 1 aliphatic heterocycles. The number of anilines is 1. The minimum absolute atomic E-state index is 0.0212. The molecule has 0 spiro atoms. The summed E-state index contributed by atoms with van der Waals surface area (Å²) < 4.78 is 48.0. The van der Waals surface area contributed by atoms with Crippen molar-refractivity contribution in [2.75, 3.05) is 24.6 Å². The van der Waals surface area contributed by atoms with E-state index in [-0.39, 0.29) is 35.1 Å². The molecule has 1 fully saturated rings. The van der Waals surface area contributed by atoms with Crippen LogP contribution in [0, 0.1) is 5.82 Å². The Morgan fingerprint density at radius 2 is 2.07 bits per heavy atom. The summed E-state index contributed by atoms with van der Waals surface area (Å²) in [5.41, 5.74) is 0.745. The molecule has 0 radical (unpaired) electrons. The first-order valence-corrected chi connectivity index (χ1v) is 9.45. The molecular formula is C20H20ClF3N2O3. The SMILES string of the molecule is O=C(COc1ccc(Cl)c(F)c1)N[C@H]1CCCN(c2cccc(OC(F)F)c2)C1. The summed E-state index contributed by atoms with van der Waals surface area (Å²) in [6.45, 7) is -1.87. The highest BCUT2D eigenvalue weighted by Gasteiger charge is 2.22. The van der Waals surface area contributed by atoms with Crippen molar-refractivity contribution in [3.63, 3.8) is 0 Å². The third-order valence-electron chi connectivity index (χ3n) is 4.46. The first-order chi connectivity index (χ1) is 13.9. The van der Waals surface area contributed by atoms with Gasteiger partial charge >= 0.3 is 6.61 Å². The lowest BCUT2D eigenvalue weighted by Gasteiger charge is -2.35. The number of amides is 1. The topological polar surface area (TPSA) is 50.8 Å². The number of hydrogen-bond donors (Lipinski definition) is 1. The van der Waals surface area contributed by atoms with E-state index < -0.39 is 12.4 Å². The summed E-state index contributed by atoms with van der Waals surface area (Å²) in [6, 6.07) is 10.3. The van der Waals surface area contributed by atoms with Crippen molar-refractivity contribution in [3.8, 4) is 11.5 Å². The fourth-order valence-corrected chi connectivity index (χ4v) is 3.29. The zero-order valence-electron chi connectivity index (χ0n) is 15.4. The van der Waals surface area contributed by atoms with Gasteiger partial charge in [0.2, 0.25) is 0 Å². The number of halogens is 4. The smallest absolute Gasteiger partial charge is 0.387 e. The number of ether oxygens (including phenoxy) is 2. The molecule has 9 heteroatoms. The summed E-state index contributed by atoms with van der Waals surface area (Å²) >= 11 is 5.61. The second kappa shape index (κ2) is 9.73. The fourth-order valence-electron chi connectivity index (χ4n) is 3.17. The Morgan fingerprint density at radius 1 is 1.24 bits per heavy atom. The van der Waals surface area contributed by atoms with Crippen molar-refractivity contribution in [3.05, 3.63) is 53.3 Å². The van der Waals surface area contributed by atoms with E-state index in [4.69, 9.17) is 16.3 Å². The lowest BCUT2D eigenvalue weighted by Crippen LogP contribution is -2.49. The van der Waals surface area contributed by atoms with Crippen molar-refractivity contribution >= 4 is 23.2 Å². The van der Waals surface area contributed by atoms with Gasteiger partial charge < -0.3 is 19.7 Å². The zero-order chi connectivity index (χ0) is 20.8. The lowest BCUT2D eigenvalue weighted by atomic mass is 10.0. The van der Waals surface area contributed by atoms with E-state index in [0.29, 0.717) is 6.54 Å². The van der Waals surface area contributed by atoms with Crippen molar-refractivity contribution in [2.45, 2.75) is 25.5 Å². The highest BCUT2D eigenvalue weighted by molar-refractivity contribution is 6.30. The van der Waals surface area contributed by atoms with Gasteiger partial charge in [-0.2, -0.15) is 8.78 Å². The third-order valence-corrected chi connectivity index (χ3v) is 4.76. The molecule has 1 saturated heterocycles. The maximum Gasteiger partial charge on any atom is 0.387 e. The predicted molar refractivity (Wildman–Crippen MR) is 103 cm³/mol. The minimum Gasteiger partial charge on any atom is -0.484 e. The normalized spacial score (nSPS) is 16.6. The average molecular weight is 429 g/mol. The van der Waals surface area contributed by atoms with E-state index in [1.165, 1.54) is 18.2 Å². The molecule has 0 saturated carbocycles. The van der Waals surface area contributed by atoms with Crippen LogP contribution in [0.2, 0.25) is 5.02 Å². The first kappa shape index (κ1) is 21.1. The van der Waals surface area contributed by atoms with Crippen LogP contribution in [0.1, 0.15) is 12.8 Å². The van der Waals surface area contributed by atoms with Crippen LogP contribution in [-0.2, 0) is 4.79 Å². The molecule has 156 valence electrons. The van der Waals surface area contributed by atoms with E-state index >= 15 is 0 Å². The molecule has 0 unspecified atom stereocenters. The quantitative estimate of drug-likeness (QED) is 0.716. The largest absolute Gasteiger partial charge is 0.484 e. The van der Waals surface area contributed by atoms with Crippen LogP contribution in [0.5, 0.6) is 11.5 Å². The molecule has 29 heavy (non-hydrogen) atoms. The van der Waals surface area contributed by atoms with Crippen molar-refractivity contribution in [1.82, 2.24) is 5.32 Å². The van der Waals surface area contributed by atoms with Crippen molar-refractivity contribution in [2.24, 2.45) is 0 Å². The fraction of sp³-hybridized carbons (Fsp3) is 0.350. The lowest BCUT2D eigenvalue weighted by molar-refractivity contribution is -0.123. The van der Waals surface area contributed by atoms with Gasteiger partial charge in [0.25, 0.3) is 5.91 Å². The number of nitrogens with zero attached hydrogens (tertiary/aromatic N) is 1. The van der Waals surface area contributed by atoms with Gasteiger partial charge in [0.05, 0.1) is 5.02 Å². The Labute approximate surface area is 171 Å². The number of carbonyl (C=O) groups is 1. The van der Waals surface area contributed by atoms with Crippen LogP contribution in [0.15, 0.2) is 42.5 Å². The van der Waals surface area contributed by atoms with Crippen LogP contribution in [0.25, 0.3) is 0 Å². The molecule has 1 N–H and O–H groups in total. The number of piperidine rings is 1. The van der Waals surface area contributed by atoms with Crippen molar-refractivity contribution in [1.29, 1.82) is 0 Å². The van der Waals surface area contributed by atoms with Gasteiger partial charge in [0, 0.05) is 37.0 Å². The molecule has 0 aliphatic carbocycles. The van der Waals surface area contributed by atoms with Gasteiger partial charge in [-0.25, -0.2) is 4.39 Å². The van der Waals surface area contributed by atoms with Crippen molar-refractivity contribution < 1.29 is 27.4 Å². The summed E-state index contributed by atoms with van der Waals surface area (Å²) in [5.74, 6) is -0.650. The van der Waals surface area contributed by atoms with E-state index in [1.807, 2.05) is 4.90 Å².